The van der Waals surface area contributed by atoms with E-state index < -0.39 is 109 Å². The Balaban J connectivity index is 2.01. The van der Waals surface area contributed by atoms with Crippen LogP contribution in [0.15, 0.2) is 0 Å². The first-order valence-corrected chi connectivity index (χ1v) is 16.2. The third kappa shape index (κ3) is 13.9. The van der Waals surface area contributed by atoms with E-state index in [4.69, 9.17) is 11.5 Å². The Morgan fingerprint density at radius 1 is 0.840 bits per heavy atom. The van der Waals surface area contributed by atoms with Crippen molar-refractivity contribution in [3.63, 3.8) is 0 Å². The number of unbranched alkanes of at least 4 members (excludes halogenated alkanes) is 1. The van der Waals surface area contributed by atoms with Crippen LogP contribution in [0.5, 0.6) is 0 Å². The molecule has 21 heteroatoms. The standard InChI is InChI=1S/C29H47N9O12/c30-8-2-1-4-17(29(49)50)36-28(48)20-5-3-9-38(20)23(42)14-34-26(46)19(11-24(43)44)37-27(47)16(6-7-21(31)40)35-22(41)13-33-25(45)18-10-15(39)12-32-18/h15-20,32,39H,1-14,30H2,(H2,31,40)(H,33,45)(H,34,46)(H,35,41)(H,36,48)(H,37,47)(H,43,44)(H,49,50)/t15-,16+,17+,18+,19+,20+/m1/s1. The second kappa shape index (κ2) is 20.6. The van der Waals surface area contributed by atoms with Crippen LogP contribution in [0.2, 0.25) is 0 Å². The number of aliphatic carboxylic acids is 2. The summed E-state index contributed by atoms with van der Waals surface area (Å²) >= 11 is 0. The lowest BCUT2D eigenvalue weighted by Gasteiger charge is -2.26. The molecule has 0 radical (unpaired) electrons. The number of carbonyl (C=O) groups is 9. The third-order valence-corrected chi connectivity index (χ3v) is 8.04. The maximum atomic E-state index is 13.1. The highest BCUT2D eigenvalue weighted by Crippen LogP contribution is 2.18. The van der Waals surface area contributed by atoms with E-state index in [1.807, 2.05) is 0 Å². The summed E-state index contributed by atoms with van der Waals surface area (Å²) in [6, 6.07) is -6.17. The van der Waals surface area contributed by atoms with E-state index in [-0.39, 0.29) is 45.2 Å². The molecule has 2 saturated heterocycles. The molecule has 0 unspecified atom stereocenters. The van der Waals surface area contributed by atoms with Crippen LogP contribution in [0, 0.1) is 0 Å². The number of β-amino-alcohol motifs (C(OH)–C–C–N with tert-alkyl or cyclic N) is 1. The van der Waals surface area contributed by atoms with Gasteiger partial charge in [0.15, 0.2) is 0 Å². The monoisotopic (exact) mass is 713 g/mol. The Hall–Kier alpha value is -4.89. The van der Waals surface area contributed by atoms with Crippen molar-refractivity contribution in [2.75, 3.05) is 32.7 Å². The minimum absolute atomic E-state index is 0.132. The largest absolute Gasteiger partial charge is 0.481 e. The molecule has 7 amide bonds. The number of nitrogens with two attached hydrogens (primary N) is 2. The van der Waals surface area contributed by atoms with E-state index in [0.717, 1.165) is 4.90 Å². The second-order valence-electron chi connectivity index (χ2n) is 12.0. The van der Waals surface area contributed by atoms with Crippen LogP contribution >= 0.6 is 0 Å². The number of carbonyl (C=O) groups excluding carboxylic acids is 7. The van der Waals surface area contributed by atoms with Gasteiger partial charge in [-0.15, -0.1) is 0 Å². The zero-order valence-electron chi connectivity index (χ0n) is 27.5. The van der Waals surface area contributed by atoms with Gasteiger partial charge in [0, 0.05) is 19.5 Å². The molecule has 2 heterocycles. The highest BCUT2D eigenvalue weighted by molar-refractivity contribution is 5.97. The Morgan fingerprint density at radius 3 is 2.16 bits per heavy atom. The molecule has 6 atom stereocenters. The number of aliphatic hydroxyl groups excluding tert-OH is 1. The normalized spacial score (nSPS) is 20.1. The van der Waals surface area contributed by atoms with Crippen LogP contribution in [0.1, 0.15) is 57.8 Å². The first kappa shape index (κ1) is 41.3. The number of carboxylic acid groups (broad SMARTS) is 2. The Kier molecular flexibility index (Phi) is 17.0. The first-order chi connectivity index (χ1) is 23.6. The fourth-order valence-corrected chi connectivity index (χ4v) is 5.41. The summed E-state index contributed by atoms with van der Waals surface area (Å²) in [7, 11) is 0. The number of hydrogen-bond donors (Lipinski definition) is 11. The number of carboxylic acids is 2. The molecule has 13 N–H and O–H groups in total. The summed E-state index contributed by atoms with van der Waals surface area (Å²) < 4.78 is 0. The van der Waals surface area contributed by atoms with Gasteiger partial charge in [0.25, 0.3) is 0 Å². The Labute approximate surface area is 287 Å². The summed E-state index contributed by atoms with van der Waals surface area (Å²) in [5.41, 5.74) is 10.6. The minimum Gasteiger partial charge on any atom is -0.481 e. The molecular weight excluding hydrogens is 666 g/mol. The van der Waals surface area contributed by atoms with E-state index in [2.05, 4.69) is 31.9 Å². The zero-order valence-corrected chi connectivity index (χ0v) is 27.5. The molecule has 2 aliphatic heterocycles. The maximum absolute atomic E-state index is 13.1. The molecule has 21 nitrogen and oxygen atoms in total. The summed E-state index contributed by atoms with van der Waals surface area (Å²) in [5, 5.41) is 42.7. The number of nitrogens with one attached hydrogen (secondary N) is 6. The molecule has 2 rings (SSSR count). The van der Waals surface area contributed by atoms with Crippen molar-refractivity contribution in [3.8, 4) is 0 Å². The van der Waals surface area contributed by atoms with E-state index in [1.54, 1.807) is 0 Å². The van der Waals surface area contributed by atoms with Gasteiger partial charge in [-0.25, -0.2) is 4.79 Å². The minimum atomic E-state index is -1.75. The van der Waals surface area contributed by atoms with Gasteiger partial charge < -0.3 is 63.6 Å². The summed E-state index contributed by atoms with van der Waals surface area (Å²) in [5.74, 6) is -8.56. The SMILES string of the molecule is NCCCC[C@H](NC(=O)[C@@H]1CCCN1C(=O)CNC(=O)[C@H](CC(=O)O)NC(=O)[C@H](CCC(N)=O)NC(=O)CNC(=O)[C@@H]1C[C@@H](O)CN1)C(=O)O. The molecular formula is C29H47N9O12. The number of rotatable bonds is 21. The molecule has 0 bridgehead atoms. The molecule has 0 saturated carbocycles. The molecule has 0 aromatic carbocycles. The number of aliphatic hydroxyl groups is 1. The van der Waals surface area contributed by atoms with Gasteiger partial charge in [0.1, 0.15) is 24.2 Å². The average Bonchev–Trinajstić information content (AvgIpc) is 3.72. The van der Waals surface area contributed by atoms with Crippen LogP contribution in [-0.2, 0) is 43.2 Å². The molecule has 0 aromatic rings. The van der Waals surface area contributed by atoms with Crippen molar-refractivity contribution in [1.82, 2.24) is 36.8 Å². The van der Waals surface area contributed by atoms with Gasteiger partial charge in [-0.05, 0) is 51.5 Å². The first-order valence-electron chi connectivity index (χ1n) is 16.2. The highest BCUT2D eigenvalue weighted by atomic mass is 16.4. The van der Waals surface area contributed by atoms with Crippen molar-refractivity contribution < 1.29 is 58.5 Å². The quantitative estimate of drug-likeness (QED) is 0.0494. The van der Waals surface area contributed by atoms with Crippen LogP contribution in [-0.4, -0.2) is 143 Å². The number of primary amides is 1. The zero-order chi connectivity index (χ0) is 37.4. The Bertz CT molecular complexity index is 1280. The van der Waals surface area contributed by atoms with E-state index in [1.165, 1.54) is 0 Å². The summed E-state index contributed by atoms with van der Waals surface area (Å²) in [4.78, 5) is 112. The smallest absolute Gasteiger partial charge is 0.326 e. The van der Waals surface area contributed by atoms with Crippen molar-refractivity contribution >= 4 is 53.3 Å². The maximum Gasteiger partial charge on any atom is 0.326 e. The highest BCUT2D eigenvalue weighted by Gasteiger charge is 2.36. The van der Waals surface area contributed by atoms with Crippen LogP contribution in [0.3, 0.4) is 0 Å². The van der Waals surface area contributed by atoms with Gasteiger partial charge in [-0.1, -0.05) is 0 Å². The molecule has 2 fully saturated rings. The number of hydrogen-bond acceptors (Lipinski definition) is 12. The van der Waals surface area contributed by atoms with E-state index in [0.29, 0.717) is 25.8 Å². The number of nitrogens with zero attached hydrogens (tertiary/aromatic N) is 1. The van der Waals surface area contributed by atoms with Crippen LogP contribution < -0.4 is 43.4 Å². The lowest BCUT2D eigenvalue weighted by Crippen LogP contribution is -2.56. The van der Waals surface area contributed by atoms with E-state index in [9.17, 15) is 58.5 Å². The Morgan fingerprint density at radius 2 is 1.56 bits per heavy atom. The lowest BCUT2D eigenvalue weighted by molar-refractivity contribution is -0.144. The summed E-state index contributed by atoms with van der Waals surface area (Å²) in [6.45, 7) is -0.599. The van der Waals surface area contributed by atoms with Crippen molar-refractivity contribution in [3.05, 3.63) is 0 Å². The lowest BCUT2D eigenvalue weighted by atomic mass is 10.1. The van der Waals surface area contributed by atoms with Gasteiger partial charge in [-0.3, -0.25) is 38.4 Å². The molecule has 280 valence electrons. The van der Waals surface area contributed by atoms with Gasteiger partial charge in [0.2, 0.25) is 41.4 Å². The average molecular weight is 714 g/mol. The summed E-state index contributed by atoms with van der Waals surface area (Å²) in [6.07, 6.45) is -0.443. The predicted octanol–water partition coefficient (Wildman–Crippen LogP) is -5.66. The van der Waals surface area contributed by atoms with Crippen molar-refractivity contribution in [1.29, 1.82) is 0 Å². The molecule has 50 heavy (non-hydrogen) atoms. The predicted molar refractivity (Wildman–Crippen MR) is 170 cm³/mol. The van der Waals surface area contributed by atoms with Gasteiger partial charge >= 0.3 is 11.9 Å². The number of likely N-dealkylation sites (tertiary alicyclic amines) is 1. The fraction of sp³-hybridized carbons (Fsp3) is 0.690. The molecule has 2 aliphatic rings. The van der Waals surface area contributed by atoms with Crippen LogP contribution in [0.4, 0.5) is 0 Å². The van der Waals surface area contributed by atoms with E-state index >= 15 is 0 Å². The van der Waals surface area contributed by atoms with Crippen molar-refractivity contribution in [2.24, 2.45) is 11.5 Å². The second-order valence-corrected chi connectivity index (χ2v) is 12.0. The fourth-order valence-electron chi connectivity index (χ4n) is 5.41. The molecule has 0 spiro atoms. The molecule has 0 aromatic heterocycles. The van der Waals surface area contributed by atoms with Gasteiger partial charge in [-0.2, -0.15) is 0 Å². The number of amides is 7. The van der Waals surface area contributed by atoms with Crippen LogP contribution in [0.25, 0.3) is 0 Å². The van der Waals surface area contributed by atoms with Gasteiger partial charge in [0.05, 0.1) is 31.7 Å². The topological polar surface area (TPSA) is 342 Å². The van der Waals surface area contributed by atoms with Crippen molar-refractivity contribution in [2.45, 2.75) is 94.1 Å². The third-order valence-electron chi connectivity index (χ3n) is 8.04. The molecule has 0 aliphatic carbocycles.